The van der Waals surface area contributed by atoms with Crippen LogP contribution in [0.4, 0.5) is 4.79 Å². The highest BCUT2D eigenvalue weighted by atomic mass is 16.3. The van der Waals surface area contributed by atoms with E-state index >= 15 is 0 Å². The number of nitrogens with zero attached hydrogens (tertiary/aromatic N) is 4. The second-order valence-electron chi connectivity index (χ2n) is 11.3. The van der Waals surface area contributed by atoms with Crippen LogP contribution in [0.2, 0.25) is 0 Å². The van der Waals surface area contributed by atoms with E-state index < -0.39 is 46.2 Å². The van der Waals surface area contributed by atoms with E-state index in [1.165, 1.54) is 11.9 Å². The molecule has 1 aliphatic heterocycles. The number of hydrogen-bond donors (Lipinski definition) is 4. The summed E-state index contributed by atoms with van der Waals surface area (Å²) in [5.74, 6) is -1.43. The molecule has 0 aromatic carbocycles. The van der Waals surface area contributed by atoms with E-state index in [-0.39, 0.29) is 30.5 Å². The van der Waals surface area contributed by atoms with Crippen LogP contribution in [0.3, 0.4) is 0 Å². The third-order valence-corrected chi connectivity index (χ3v) is 7.65. The third kappa shape index (κ3) is 5.29. The number of aliphatic hydroxyl groups is 1. The Bertz CT molecular complexity index is 1190. The number of carbonyl (C=O) groups is 2. The summed E-state index contributed by atoms with van der Waals surface area (Å²) in [6, 6.07) is -0.880. The third-order valence-electron chi connectivity index (χ3n) is 7.65. The molecule has 0 bridgehead atoms. The van der Waals surface area contributed by atoms with Crippen LogP contribution in [0.15, 0.2) is 9.59 Å². The lowest BCUT2D eigenvalue weighted by atomic mass is 9.77. The number of aromatic nitrogens is 2. The molecule has 1 saturated heterocycles. The number of nitrogens with two attached hydrogens (primary N) is 1. The maximum absolute atomic E-state index is 13.2. The van der Waals surface area contributed by atoms with E-state index in [1.807, 2.05) is 6.92 Å². The maximum atomic E-state index is 13.2. The van der Waals surface area contributed by atoms with Gasteiger partial charge < -0.3 is 20.8 Å². The molecule has 12 nitrogen and oxygen atoms in total. The Morgan fingerprint density at radius 1 is 1.16 bits per heavy atom. The van der Waals surface area contributed by atoms with Gasteiger partial charge in [-0.2, -0.15) is 0 Å². The van der Waals surface area contributed by atoms with E-state index in [4.69, 9.17) is 11.1 Å². The molecule has 1 aromatic heterocycles. The van der Waals surface area contributed by atoms with Crippen LogP contribution in [-0.2, 0) is 11.3 Å². The topological polar surface area (TPSA) is 175 Å². The number of aromatic hydroxyl groups is 1. The molecule has 2 fully saturated rings. The van der Waals surface area contributed by atoms with Crippen molar-refractivity contribution >= 4 is 17.8 Å². The second-order valence-corrected chi connectivity index (χ2v) is 11.3. The SMILES string of the molecule is CCCCn1c(O)c(C(=N)N)c(=O)n(C2CCC(C[C@@]3(C)C(=O)N(C)C(=O)N3CC(C)(C)O)CC2)c1=O. The highest BCUT2D eigenvalue weighted by Crippen LogP contribution is 2.40. The summed E-state index contributed by atoms with van der Waals surface area (Å²) in [5.41, 5.74) is 1.55. The first-order valence-electron chi connectivity index (χ1n) is 12.9. The van der Waals surface area contributed by atoms with Crippen molar-refractivity contribution in [2.75, 3.05) is 13.6 Å². The number of hydrogen-bond acceptors (Lipinski definition) is 7. The van der Waals surface area contributed by atoms with Gasteiger partial charge in [0.25, 0.3) is 11.5 Å². The quantitative estimate of drug-likeness (QED) is 0.216. The zero-order valence-corrected chi connectivity index (χ0v) is 22.4. The average molecular weight is 521 g/mol. The first-order chi connectivity index (χ1) is 17.1. The van der Waals surface area contributed by atoms with Gasteiger partial charge in [-0.25, -0.2) is 9.59 Å². The first kappa shape index (κ1) is 28.4. The number of amidine groups is 1. The zero-order chi connectivity index (χ0) is 27.9. The standard InChI is InChI=1S/C25H40N6O6/c1-6-7-12-29-19(32)17(18(26)27)20(33)31(23(29)36)16-10-8-15(9-11-16)13-25(4)21(34)28(5)22(35)30(25)14-24(2,3)37/h15-16,32,37H,6-14H2,1-5H3,(H3,26,27)/t15?,16?,25-/m0/s1. The fourth-order valence-corrected chi connectivity index (χ4v) is 5.69. The molecular weight excluding hydrogens is 480 g/mol. The predicted molar refractivity (Wildman–Crippen MR) is 138 cm³/mol. The average Bonchev–Trinajstić information content (AvgIpc) is 2.94. The number of imide groups is 1. The minimum absolute atomic E-state index is 0.0157. The van der Waals surface area contributed by atoms with Crippen LogP contribution in [0, 0.1) is 11.3 Å². The van der Waals surface area contributed by atoms with Crippen LogP contribution in [0.1, 0.15) is 84.2 Å². The fourth-order valence-electron chi connectivity index (χ4n) is 5.69. The molecule has 37 heavy (non-hydrogen) atoms. The molecule has 2 aliphatic rings. The smallest absolute Gasteiger partial charge is 0.334 e. The number of carbonyl (C=O) groups excluding carboxylic acids is 2. The van der Waals surface area contributed by atoms with Crippen molar-refractivity contribution in [1.29, 1.82) is 5.41 Å². The first-order valence-corrected chi connectivity index (χ1v) is 12.9. The van der Waals surface area contributed by atoms with Crippen molar-refractivity contribution in [2.24, 2.45) is 11.7 Å². The second kappa shape index (κ2) is 10.3. The monoisotopic (exact) mass is 520 g/mol. The Balaban J connectivity index is 1.86. The lowest BCUT2D eigenvalue weighted by molar-refractivity contribution is -0.133. The summed E-state index contributed by atoms with van der Waals surface area (Å²) in [5, 5.41) is 28.6. The largest absolute Gasteiger partial charge is 0.494 e. The molecule has 3 rings (SSSR count). The van der Waals surface area contributed by atoms with Crippen molar-refractivity contribution in [3.63, 3.8) is 0 Å². The van der Waals surface area contributed by atoms with E-state index in [9.17, 15) is 29.4 Å². The van der Waals surface area contributed by atoms with Crippen molar-refractivity contribution < 1.29 is 19.8 Å². The highest BCUT2D eigenvalue weighted by Gasteiger charge is 2.54. The number of nitrogens with one attached hydrogen (secondary N) is 1. The van der Waals surface area contributed by atoms with Crippen LogP contribution in [0.25, 0.3) is 0 Å². The molecule has 0 unspecified atom stereocenters. The number of nitrogen functional groups attached to an aromatic ring is 1. The number of likely N-dealkylation sites (N-methyl/N-ethyl adjacent to an activating group) is 1. The lowest BCUT2D eigenvalue weighted by Crippen LogP contribution is -2.53. The summed E-state index contributed by atoms with van der Waals surface area (Å²) in [7, 11) is 1.44. The minimum atomic E-state index is -1.17. The summed E-state index contributed by atoms with van der Waals surface area (Å²) in [6.07, 6.45) is 3.96. The minimum Gasteiger partial charge on any atom is -0.494 e. The Morgan fingerprint density at radius 2 is 1.76 bits per heavy atom. The van der Waals surface area contributed by atoms with Gasteiger partial charge in [-0.05, 0) is 65.2 Å². The van der Waals surface area contributed by atoms with E-state index in [0.29, 0.717) is 38.5 Å². The van der Waals surface area contributed by atoms with Gasteiger partial charge >= 0.3 is 11.7 Å². The number of rotatable bonds is 9. The molecule has 1 saturated carbocycles. The van der Waals surface area contributed by atoms with Gasteiger partial charge in [0.1, 0.15) is 16.9 Å². The maximum Gasteiger partial charge on any atom is 0.334 e. The van der Waals surface area contributed by atoms with Crippen LogP contribution < -0.4 is 17.0 Å². The summed E-state index contributed by atoms with van der Waals surface area (Å²) in [6.45, 7) is 7.07. The Morgan fingerprint density at radius 3 is 2.27 bits per heavy atom. The molecule has 12 heteroatoms. The van der Waals surface area contributed by atoms with Gasteiger partial charge in [-0.3, -0.25) is 29.0 Å². The number of β-amino-alcohol motifs (C(OH)–C–C–N with tert-alkyl or cyclic N) is 1. The lowest BCUT2D eigenvalue weighted by Gasteiger charge is -2.39. The molecule has 2 heterocycles. The van der Waals surface area contributed by atoms with Crippen LogP contribution in [0.5, 0.6) is 5.88 Å². The summed E-state index contributed by atoms with van der Waals surface area (Å²) < 4.78 is 2.23. The van der Waals surface area contributed by atoms with E-state index in [1.54, 1.807) is 20.8 Å². The molecular formula is C25H40N6O6. The number of urea groups is 1. The van der Waals surface area contributed by atoms with Gasteiger partial charge in [0, 0.05) is 19.6 Å². The molecule has 3 amide bonds. The Kier molecular flexibility index (Phi) is 7.92. The van der Waals surface area contributed by atoms with Gasteiger partial charge in [-0.15, -0.1) is 0 Å². The van der Waals surface area contributed by atoms with Crippen molar-refractivity contribution in [2.45, 2.75) is 96.4 Å². The predicted octanol–water partition coefficient (Wildman–Crippen LogP) is 1.34. The molecule has 1 aliphatic carbocycles. The molecule has 5 N–H and O–H groups in total. The molecule has 206 valence electrons. The van der Waals surface area contributed by atoms with Crippen LogP contribution in [-0.4, -0.2) is 71.7 Å². The van der Waals surface area contributed by atoms with E-state index in [0.717, 1.165) is 20.5 Å². The van der Waals surface area contributed by atoms with Crippen molar-refractivity contribution in [1.82, 2.24) is 18.9 Å². The van der Waals surface area contributed by atoms with Crippen molar-refractivity contribution in [3.05, 3.63) is 26.4 Å². The summed E-state index contributed by atoms with van der Waals surface area (Å²) >= 11 is 0. The Hall–Kier alpha value is -3.15. The summed E-state index contributed by atoms with van der Waals surface area (Å²) in [4.78, 5) is 54.8. The molecule has 1 aromatic rings. The molecule has 0 spiro atoms. The van der Waals surface area contributed by atoms with Crippen molar-refractivity contribution in [3.8, 4) is 5.88 Å². The normalized spacial score (nSPS) is 24.7. The van der Waals surface area contributed by atoms with E-state index in [2.05, 4.69) is 0 Å². The van der Waals surface area contributed by atoms with Gasteiger partial charge in [-0.1, -0.05) is 13.3 Å². The fraction of sp³-hybridized carbons (Fsp3) is 0.720. The number of amides is 3. The van der Waals surface area contributed by atoms with Gasteiger partial charge in [0.15, 0.2) is 0 Å². The highest BCUT2D eigenvalue weighted by molar-refractivity contribution is 6.06. The van der Waals surface area contributed by atoms with Gasteiger partial charge in [0.2, 0.25) is 5.88 Å². The van der Waals surface area contributed by atoms with Crippen LogP contribution >= 0.6 is 0 Å². The Labute approximate surface area is 216 Å². The number of unbranched alkanes of at least 4 members (excludes halogenated alkanes) is 1. The zero-order valence-electron chi connectivity index (χ0n) is 22.4. The van der Waals surface area contributed by atoms with Gasteiger partial charge in [0.05, 0.1) is 12.1 Å². The molecule has 0 radical (unpaired) electrons. The molecule has 1 atom stereocenters.